The summed E-state index contributed by atoms with van der Waals surface area (Å²) in [5.41, 5.74) is -13.9. The van der Waals surface area contributed by atoms with E-state index in [0.29, 0.717) is 0 Å². The first kappa shape index (κ1) is 21.4. The fourth-order valence-corrected chi connectivity index (χ4v) is 2.34. The average Bonchev–Trinajstić information content (AvgIpc) is 2.42. The van der Waals surface area contributed by atoms with Crippen LogP contribution in [0.3, 0.4) is 0 Å². The molecule has 0 aliphatic carbocycles. The molecule has 0 unspecified atom stereocenters. The van der Waals surface area contributed by atoms with Crippen LogP contribution in [0.4, 0.5) is 26.3 Å². The molecule has 1 aliphatic rings. The molecule has 8 nitrogen and oxygen atoms in total. The monoisotopic (exact) mass is 412 g/mol. The van der Waals surface area contributed by atoms with E-state index in [1.54, 1.807) is 0 Å². The van der Waals surface area contributed by atoms with Crippen molar-refractivity contribution in [1.29, 1.82) is 0 Å². The molecule has 1 aliphatic heterocycles. The fourth-order valence-electron chi connectivity index (χ4n) is 1.33. The summed E-state index contributed by atoms with van der Waals surface area (Å²) in [4.78, 5) is 0. The maximum Gasteiger partial charge on any atom is 0.523 e. The van der Waals surface area contributed by atoms with Gasteiger partial charge >= 0.3 is 31.3 Å². The molecule has 0 bridgehead atoms. The number of rotatable bonds is 6. The third kappa shape index (κ3) is 5.16. The lowest BCUT2D eigenvalue weighted by atomic mass is 10.1. The summed E-state index contributed by atoms with van der Waals surface area (Å²) >= 11 is 0. The van der Waals surface area contributed by atoms with E-state index < -0.39 is 56.7 Å². The Kier molecular flexibility index (Phi) is 6.15. The lowest BCUT2D eigenvalue weighted by Crippen LogP contribution is -2.52. The molecule has 1 fully saturated rings. The van der Waals surface area contributed by atoms with Gasteiger partial charge in [-0.25, -0.2) is 0 Å². The molecule has 1 rings (SSSR count). The highest BCUT2D eigenvalue weighted by molar-refractivity contribution is 7.87. The number of ether oxygens (including phenoxy) is 2. The van der Waals surface area contributed by atoms with E-state index in [9.17, 15) is 43.2 Å². The van der Waals surface area contributed by atoms with Crippen molar-refractivity contribution in [3.8, 4) is 0 Å². The number of halogens is 6. The van der Waals surface area contributed by atoms with Crippen LogP contribution in [-0.4, -0.2) is 66.5 Å². The van der Waals surface area contributed by atoms with Gasteiger partial charge in [-0.05, 0) is 0 Å². The molecule has 0 saturated carbocycles. The largest absolute Gasteiger partial charge is 0.523 e. The summed E-state index contributed by atoms with van der Waals surface area (Å²) in [6, 6.07) is 0. The zero-order valence-electron chi connectivity index (χ0n) is 11.4. The second kappa shape index (κ2) is 6.91. The molecule has 0 radical (unpaired) electrons. The molecule has 1 heterocycles. The summed E-state index contributed by atoms with van der Waals surface area (Å²) in [6.45, 7) is -4.18. The molecule has 0 spiro atoms. The number of hydrogen-bond donors (Lipinski definition) is 0. The first-order chi connectivity index (χ1) is 10.6. The second-order valence-corrected chi connectivity index (χ2v) is 7.62. The van der Waals surface area contributed by atoms with E-state index in [4.69, 9.17) is 9.47 Å². The zero-order valence-corrected chi connectivity index (χ0v) is 13.0. The van der Waals surface area contributed by atoms with Gasteiger partial charge in [-0.15, -0.1) is 0 Å². The van der Waals surface area contributed by atoms with Crippen LogP contribution in [-0.2, 0) is 38.1 Å². The fraction of sp³-hybridized carbons (Fsp3) is 1.00. The Morgan fingerprint density at radius 3 is 1.54 bits per heavy atom. The first-order valence-corrected chi connectivity index (χ1v) is 8.57. The lowest BCUT2D eigenvalue weighted by molar-refractivity contribution is -0.186. The number of alkyl halides is 6. The summed E-state index contributed by atoms with van der Waals surface area (Å²) in [7, 11) is -12.2. The van der Waals surface area contributed by atoms with Gasteiger partial charge in [0.1, 0.15) is 18.8 Å². The third-order valence-corrected chi connectivity index (χ3v) is 4.51. The van der Waals surface area contributed by atoms with E-state index in [2.05, 4.69) is 8.37 Å². The van der Waals surface area contributed by atoms with Crippen molar-refractivity contribution >= 4 is 20.2 Å². The highest BCUT2D eigenvalue weighted by Crippen LogP contribution is 2.29. The van der Waals surface area contributed by atoms with Crippen LogP contribution in [0, 0.1) is 0 Å². The van der Waals surface area contributed by atoms with Crippen LogP contribution in [0.2, 0.25) is 0 Å². The molecule has 24 heavy (non-hydrogen) atoms. The van der Waals surface area contributed by atoms with Gasteiger partial charge in [0, 0.05) is 0 Å². The van der Waals surface area contributed by atoms with Crippen molar-refractivity contribution in [2.45, 2.75) is 16.6 Å². The van der Waals surface area contributed by atoms with E-state index in [0.717, 1.165) is 0 Å². The Morgan fingerprint density at radius 1 is 0.833 bits per heavy atom. The van der Waals surface area contributed by atoms with Crippen LogP contribution >= 0.6 is 0 Å². The van der Waals surface area contributed by atoms with Crippen molar-refractivity contribution < 1.29 is 61.0 Å². The minimum atomic E-state index is -6.08. The molecular formula is C8H10F6O8S2. The maximum absolute atomic E-state index is 12.2. The predicted molar refractivity (Wildman–Crippen MR) is 61.4 cm³/mol. The maximum atomic E-state index is 12.2. The van der Waals surface area contributed by atoms with Crippen molar-refractivity contribution in [2.24, 2.45) is 0 Å². The summed E-state index contributed by atoms with van der Waals surface area (Å²) in [5.74, 6) is 0. The molecular weight excluding hydrogens is 402 g/mol. The van der Waals surface area contributed by atoms with Crippen molar-refractivity contribution in [3.05, 3.63) is 0 Å². The average molecular weight is 412 g/mol. The van der Waals surface area contributed by atoms with Crippen LogP contribution in [0.25, 0.3) is 0 Å². The van der Waals surface area contributed by atoms with E-state index in [1.165, 1.54) is 0 Å². The smallest absolute Gasteiger partial charge is 0.376 e. The highest BCUT2D eigenvalue weighted by atomic mass is 32.2. The first-order valence-electron chi connectivity index (χ1n) is 5.75. The van der Waals surface area contributed by atoms with Crippen LogP contribution in [0.1, 0.15) is 0 Å². The van der Waals surface area contributed by atoms with Crippen molar-refractivity contribution in [3.63, 3.8) is 0 Å². The molecule has 0 amide bonds. The molecule has 0 aromatic carbocycles. The second-order valence-electron chi connectivity index (χ2n) is 4.41. The Morgan fingerprint density at radius 2 is 1.25 bits per heavy atom. The Hall–Kier alpha value is -0.680. The molecule has 144 valence electrons. The van der Waals surface area contributed by atoms with Gasteiger partial charge in [-0.3, -0.25) is 8.37 Å². The molecule has 0 aromatic heterocycles. The highest BCUT2D eigenvalue weighted by Gasteiger charge is 2.52. The minimum absolute atomic E-state index is 0.111. The summed E-state index contributed by atoms with van der Waals surface area (Å²) in [6.07, 6.45) is 0. The van der Waals surface area contributed by atoms with E-state index in [1.807, 2.05) is 0 Å². The molecule has 0 N–H and O–H groups in total. The van der Waals surface area contributed by atoms with E-state index >= 15 is 0 Å². The Balaban J connectivity index is 2.89. The van der Waals surface area contributed by atoms with E-state index in [-0.39, 0.29) is 13.2 Å². The zero-order chi connectivity index (χ0) is 18.9. The van der Waals surface area contributed by atoms with Gasteiger partial charge < -0.3 is 9.47 Å². The summed E-state index contributed by atoms with van der Waals surface area (Å²) in [5, 5.41) is 0. The minimum Gasteiger partial charge on any atom is -0.376 e. The quantitative estimate of drug-likeness (QED) is 0.353. The van der Waals surface area contributed by atoms with Crippen LogP contribution in [0.15, 0.2) is 0 Å². The lowest BCUT2D eigenvalue weighted by Gasteiger charge is -2.35. The van der Waals surface area contributed by atoms with Crippen LogP contribution in [0.5, 0.6) is 0 Å². The molecule has 0 aromatic rings. The van der Waals surface area contributed by atoms with Gasteiger partial charge in [0.2, 0.25) is 0 Å². The van der Waals surface area contributed by atoms with Crippen molar-refractivity contribution in [2.75, 3.05) is 33.0 Å². The Labute approximate surface area is 131 Å². The molecule has 16 heteroatoms. The van der Waals surface area contributed by atoms with Gasteiger partial charge in [0.15, 0.2) is 0 Å². The normalized spacial score (nSPS) is 20.1. The Bertz CT molecular complexity index is 580. The summed E-state index contributed by atoms with van der Waals surface area (Å²) < 4.78 is 133. The van der Waals surface area contributed by atoms with Gasteiger partial charge in [0.25, 0.3) is 0 Å². The topological polar surface area (TPSA) is 105 Å². The molecule has 0 atom stereocenters. The predicted octanol–water partition coefficient (Wildman–Crippen LogP) is 0.504. The standard InChI is InChI=1S/C8H10F6O8S2/c9-7(10,11)23(15,16)21-4-6(3-19-1-2-20-6)5-22-24(17,18)8(12,13)14/h1-5H2. The number of hydrogen-bond acceptors (Lipinski definition) is 8. The van der Waals surface area contributed by atoms with Crippen molar-refractivity contribution in [1.82, 2.24) is 0 Å². The van der Waals surface area contributed by atoms with Gasteiger partial charge in [-0.2, -0.15) is 43.2 Å². The SMILES string of the molecule is O=S(=O)(OCC1(COS(=O)(=O)C(F)(F)F)COCCO1)C(F)(F)F. The molecule has 1 saturated heterocycles. The van der Waals surface area contributed by atoms with Gasteiger partial charge in [-0.1, -0.05) is 0 Å². The third-order valence-electron chi connectivity index (χ3n) is 2.52. The van der Waals surface area contributed by atoms with Crippen LogP contribution < -0.4 is 0 Å². The van der Waals surface area contributed by atoms with Gasteiger partial charge in [0.05, 0.1) is 19.8 Å².